The standard InChI is InChI=1S/C23H26FN5O3/c1-23(2,3)22-25-10-14-11-29(12-16(14)26-22)21(30)18-19(32-27-20(18)28(4)5)13-7-8-15(24)17(9-13)31-6/h7-10H,11-12H2,1-6H3. The molecule has 0 saturated heterocycles. The van der Waals surface area contributed by atoms with Gasteiger partial charge in [-0.2, -0.15) is 0 Å². The van der Waals surface area contributed by atoms with Crippen molar-refractivity contribution in [2.75, 3.05) is 26.1 Å². The number of anilines is 1. The molecule has 0 radical (unpaired) electrons. The molecule has 1 aliphatic heterocycles. The summed E-state index contributed by atoms with van der Waals surface area (Å²) < 4.78 is 24.6. The number of amides is 1. The van der Waals surface area contributed by atoms with Crippen molar-refractivity contribution < 1.29 is 18.4 Å². The van der Waals surface area contributed by atoms with Crippen LogP contribution in [0, 0.1) is 5.82 Å². The van der Waals surface area contributed by atoms with Gasteiger partial charge >= 0.3 is 0 Å². The van der Waals surface area contributed by atoms with Crippen LogP contribution in [0.25, 0.3) is 11.3 Å². The third-order valence-corrected chi connectivity index (χ3v) is 5.34. The lowest BCUT2D eigenvalue weighted by molar-refractivity contribution is 0.0751. The first-order chi connectivity index (χ1) is 15.1. The number of halogens is 1. The van der Waals surface area contributed by atoms with E-state index in [4.69, 9.17) is 14.2 Å². The molecule has 3 aromatic rings. The molecule has 1 aliphatic rings. The summed E-state index contributed by atoms with van der Waals surface area (Å²) >= 11 is 0. The van der Waals surface area contributed by atoms with E-state index in [2.05, 4.69) is 30.9 Å². The molecule has 0 atom stereocenters. The van der Waals surface area contributed by atoms with Gasteiger partial charge in [-0.15, -0.1) is 0 Å². The second kappa shape index (κ2) is 7.89. The van der Waals surface area contributed by atoms with Crippen molar-refractivity contribution in [3.63, 3.8) is 0 Å². The lowest BCUT2D eigenvalue weighted by Crippen LogP contribution is -2.27. The molecule has 0 aliphatic carbocycles. The Morgan fingerprint density at radius 3 is 2.66 bits per heavy atom. The lowest BCUT2D eigenvalue weighted by Gasteiger charge is -2.18. The summed E-state index contributed by atoms with van der Waals surface area (Å²) in [6.07, 6.45) is 1.79. The molecule has 1 amide bonds. The van der Waals surface area contributed by atoms with Crippen LogP contribution in [0.5, 0.6) is 5.75 Å². The van der Waals surface area contributed by atoms with Crippen molar-refractivity contribution in [3.05, 3.63) is 52.9 Å². The average Bonchev–Trinajstić information content (AvgIpc) is 3.37. The first kappa shape index (κ1) is 21.7. The highest BCUT2D eigenvalue weighted by Crippen LogP contribution is 2.36. The number of nitrogens with zero attached hydrogens (tertiary/aromatic N) is 5. The van der Waals surface area contributed by atoms with E-state index in [1.165, 1.54) is 25.3 Å². The highest BCUT2D eigenvalue weighted by atomic mass is 19.1. The Morgan fingerprint density at radius 1 is 1.25 bits per heavy atom. The number of fused-ring (bicyclic) bond motifs is 1. The molecule has 3 heterocycles. The molecule has 0 fully saturated rings. The van der Waals surface area contributed by atoms with Crippen LogP contribution in [0.15, 0.2) is 28.9 Å². The Balaban J connectivity index is 1.72. The van der Waals surface area contributed by atoms with E-state index in [0.717, 1.165) is 17.1 Å². The number of hydrogen-bond acceptors (Lipinski definition) is 7. The van der Waals surface area contributed by atoms with Gasteiger partial charge < -0.3 is 19.1 Å². The molecule has 0 unspecified atom stereocenters. The van der Waals surface area contributed by atoms with Crippen LogP contribution in [0.2, 0.25) is 0 Å². The summed E-state index contributed by atoms with van der Waals surface area (Å²) in [6.45, 7) is 6.91. The van der Waals surface area contributed by atoms with Gasteiger partial charge in [-0.3, -0.25) is 4.79 Å². The van der Waals surface area contributed by atoms with Crippen LogP contribution in [0.3, 0.4) is 0 Å². The molecular formula is C23H26FN5O3. The van der Waals surface area contributed by atoms with E-state index in [0.29, 0.717) is 30.0 Å². The molecule has 0 bridgehead atoms. The van der Waals surface area contributed by atoms with Gasteiger partial charge in [0.05, 0.1) is 19.3 Å². The third kappa shape index (κ3) is 3.79. The molecule has 0 N–H and O–H groups in total. The molecule has 8 nitrogen and oxygen atoms in total. The van der Waals surface area contributed by atoms with E-state index >= 15 is 0 Å². The van der Waals surface area contributed by atoms with Crippen LogP contribution >= 0.6 is 0 Å². The zero-order valence-corrected chi connectivity index (χ0v) is 19.1. The summed E-state index contributed by atoms with van der Waals surface area (Å²) in [7, 11) is 4.95. The van der Waals surface area contributed by atoms with Crippen LogP contribution in [0.4, 0.5) is 10.2 Å². The van der Waals surface area contributed by atoms with Crippen molar-refractivity contribution in [1.82, 2.24) is 20.0 Å². The maximum atomic E-state index is 13.9. The van der Waals surface area contributed by atoms with Crippen LogP contribution < -0.4 is 9.64 Å². The largest absolute Gasteiger partial charge is 0.494 e. The summed E-state index contributed by atoms with van der Waals surface area (Å²) in [5.41, 5.74) is 2.37. The first-order valence-corrected chi connectivity index (χ1v) is 10.3. The monoisotopic (exact) mass is 439 g/mol. The Hall–Kier alpha value is -3.49. The Morgan fingerprint density at radius 2 is 2.00 bits per heavy atom. The fourth-order valence-corrected chi connectivity index (χ4v) is 3.59. The minimum Gasteiger partial charge on any atom is -0.494 e. The minimum atomic E-state index is -0.500. The van der Waals surface area contributed by atoms with Crippen LogP contribution in [0.1, 0.15) is 48.2 Å². The molecule has 1 aromatic carbocycles. The van der Waals surface area contributed by atoms with E-state index in [-0.39, 0.29) is 22.8 Å². The van der Waals surface area contributed by atoms with Crippen LogP contribution in [-0.4, -0.2) is 47.1 Å². The highest BCUT2D eigenvalue weighted by molar-refractivity contribution is 6.04. The molecular weight excluding hydrogens is 413 g/mol. The van der Waals surface area contributed by atoms with Crippen LogP contribution in [-0.2, 0) is 18.5 Å². The zero-order valence-electron chi connectivity index (χ0n) is 19.1. The SMILES string of the molecule is COc1cc(-c2onc(N(C)C)c2C(=O)N2Cc3cnc(C(C)(C)C)nc3C2)ccc1F. The Bertz CT molecular complexity index is 1180. The normalized spacial score (nSPS) is 13.3. The van der Waals surface area contributed by atoms with Gasteiger partial charge in [0.25, 0.3) is 5.91 Å². The Labute approximate surface area is 186 Å². The number of carbonyl (C=O) groups excluding carboxylic acids is 1. The number of methoxy groups -OCH3 is 1. The van der Waals surface area contributed by atoms with Crippen molar-refractivity contribution in [2.24, 2.45) is 0 Å². The average molecular weight is 439 g/mol. The van der Waals surface area contributed by atoms with Gasteiger partial charge in [-0.05, 0) is 18.2 Å². The van der Waals surface area contributed by atoms with Crippen molar-refractivity contribution >= 4 is 11.7 Å². The lowest BCUT2D eigenvalue weighted by atomic mass is 9.95. The number of benzene rings is 1. The fourth-order valence-electron chi connectivity index (χ4n) is 3.59. The second-order valence-corrected chi connectivity index (χ2v) is 9.03. The van der Waals surface area contributed by atoms with E-state index < -0.39 is 5.82 Å². The predicted molar refractivity (Wildman–Crippen MR) is 117 cm³/mol. The molecule has 32 heavy (non-hydrogen) atoms. The quantitative estimate of drug-likeness (QED) is 0.611. The molecule has 0 spiro atoms. The maximum Gasteiger partial charge on any atom is 0.262 e. The van der Waals surface area contributed by atoms with Gasteiger partial charge in [0.2, 0.25) is 0 Å². The van der Waals surface area contributed by atoms with E-state index in [9.17, 15) is 9.18 Å². The first-order valence-electron chi connectivity index (χ1n) is 10.3. The molecule has 0 saturated carbocycles. The minimum absolute atomic E-state index is 0.0577. The zero-order chi connectivity index (χ0) is 23.2. The fraction of sp³-hybridized carbons (Fsp3) is 0.391. The molecule has 4 rings (SSSR count). The van der Waals surface area contributed by atoms with Gasteiger partial charge in [0, 0.05) is 43.4 Å². The van der Waals surface area contributed by atoms with Gasteiger partial charge in [0.1, 0.15) is 11.4 Å². The number of carbonyl (C=O) groups is 1. The Kier molecular flexibility index (Phi) is 5.36. The summed E-state index contributed by atoms with van der Waals surface area (Å²) in [4.78, 5) is 26.2. The molecule has 2 aromatic heterocycles. The van der Waals surface area contributed by atoms with E-state index in [1.54, 1.807) is 30.1 Å². The molecule has 9 heteroatoms. The maximum absolute atomic E-state index is 13.9. The van der Waals surface area contributed by atoms with Crippen molar-refractivity contribution in [3.8, 4) is 17.1 Å². The predicted octanol–water partition coefficient (Wildman–Crippen LogP) is 3.80. The van der Waals surface area contributed by atoms with Gasteiger partial charge in [0.15, 0.2) is 23.1 Å². The number of rotatable bonds is 4. The number of hydrogen-bond donors (Lipinski definition) is 0. The summed E-state index contributed by atoms with van der Waals surface area (Å²) in [5.74, 6) is 0.703. The van der Waals surface area contributed by atoms with Crippen molar-refractivity contribution in [2.45, 2.75) is 39.3 Å². The molecule has 168 valence electrons. The third-order valence-electron chi connectivity index (χ3n) is 5.34. The second-order valence-electron chi connectivity index (χ2n) is 9.03. The number of ether oxygens (including phenoxy) is 1. The van der Waals surface area contributed by atoms with Crippen molar-refractivity contribution in [1.29, 1.82) is 0 Å². The smallest absolute Gasteiger partial charge is 0.262 e. The summed E-state index contributed by atoms with van der Waals surface area (Å²) in [6, 6.07) is 4.30. The summed E-state index contributed by atoms with van der Waals surface area (Å²) in [5, 5.41) is 4.10. The van der Waals surface area contributed by atoms with Gasteiger partial charge in [-0.1, -0.05) is 25.9 Å². The van der Waals surface area contributed by atoms with Gasteiger partial charge in [-0.25, -0.2) is 14.4 Å². The topological polar surface area (TPSA) is 84.6 Å². The highest BCUT2D eigenvalue weighted by Gasteiger charge is 2.34. The van der Waals surface area contributed by atoms with E-state index in [1.807, 2.05) is 0 Å². The number of aromatic nitrogens is 3.